The summed E-state index contributed by atoms with van der Waals surface area (Å²) in [6, 6.07) is 8.04. The molecule has 1 N–H and O–H groups in total. The third-order valence-corrected chi connectivity index (χ3v) is 5.07. The Morgan fingerprint density at radius 2 is 2.12 bits per heavy atom. The Morgan fingerprint density at radius 1 is 1.20 bits per heavy atom. The summed E-state index contributed by atoms with van der Waals surface area (Å²) in [5.41, 5.74) is 4.02. The molecule has 0 aliphatic heterocycles. The van der Waals surface area contributed by atoms with Crippen LogP contribution in [0.2, 0.25) is 0 Å². The quantitative estimate of drug-likeness (QED) is 0.725. The molecular formula is C20H15N3OS. The molecule has 0 spiro atoms. The average Bonchev–Trinajstić information content (AvgIpc) is 3.31. The molecule has 0 saturated carbocycles. The van der Waals surface area contributed by atoms with Crippen LogP contribution in [-0.4, -0.2) is 20.1 Å². The van der Waals surface area contributed by atoms with Gasteiger partial charge < -0.3 is 5.11 Å². The number of fused-ring (bicyclic) bond motifs is 1. The second-order valence-electron chi connectivity index (χ2n) is 5.95. The predicted octanol–water partition coefficient (Wildman–Crippen LogP) is 3.18. The summed E-state index contributed by atoms with van der Waals surface area (Å²) >= 11 is 1.40. The molecule has 1 aliphatic carbocycles. The van der Waals surface area contributed by atoms with Gasteiger partial charge in [0.1, 0.15) is 11.3 Å². The van der Waals surface area contributed by atoms with Crippen molar-refractivity contribution in [3.8, 4) is 11.8 Å². The molecule has 0 fully saturated rings. The first-order valence-electron chi connectivity index (χ1n) is 7.89. The molecule has 122 valence electrons. The summed E-state index contributed by atoms with van der Waals surface area (Å²) in [6.45, 7) is 1.67. The lowest BCUT2D eigenvalue weighted by atomic mass is 10.00. The molecule has 1 aliphatic rings. The van der Waals surface area contributed by atoms with E-state index in [9.17, 15) is 5.11 Å². The maximum absolute atomic E-state index is 10.5. The van der Waals surface area contributed by atoms with Crippen molar-refractivity contribution in [1.29, 1.82) is 0 Å². The van der Waals surface area contributed by atoms with Crippen molar-refractivity contribution in [3.05, 3.63) is 81.8 Å². The van der Waals surface area contributed by atoms with Gasteiger partial charge in [-0.25, -0.2) is 15.0 Å². The van der Waals surface area contributed by atoms with Crippen LogP contribution in [0.5, 0.6) is 0 Å². The molecule has 25 heavy (non-hydrogen) atoms. The topological polar surface area (TPSA) is 58.9 Å². The van der Waals surface area contributed by atoms with E-state index in [2.05, 4.69) is 45.0 Å². The fourth-order valence-corrected chi connectivity index (χ4v) is 3.46. The van der Waals surface area contributed by atoms with Crippen LogP contribution in [0.3, 0.4) is 0 Å². The van der Waals surface area contributed by atoms with Gasteiger partial charge in [-0.15, -0.1) is 11.3 Å². The normalized spacial score (nSPS) is 14.9. The fourth-order valence-electron chi connectivity index (χ4n) is 2.81. The molecule has 2 heterocycles. The predicted molar refractivity (Wildman–Crippen MR) is 97.8 cm³/mol. The SMILES string of the molecule is C[C@@](O)(C#Cc1ccc2c(c1)C(c1ccncn1)=CC2)c1nccs1. The number of benzene rings is 1. The molecule has 0 saturated heterocycles. The van der Waals surface area contributed by atoms with Crippen LogP contribution in [0.15, 0.2) is 54.4 Å². The lowest BCUT2D eigenvalue weighted by Gasteiger charge is -2.12. The molecule has 4 nitrogen and oxygen atoms in total. The number of hydrogen-bond acceptors (Lipinski definition) is 5. The van der Waals surface area contributed by atoms with Gasteiger partial charge in [-0.1, -0.05) is 24.0 Å². The number of rotatable bonds is 2. The van der Waals surface area contributed by atoms with E-state index in [1.807, 2.05) is 17.5 Å². The first-order chi connectivity index (χ1) is 12.1. The summed E-state index contributed by atoms with van der Waals surface area (Å²) in [5, 5.41) is 12.9. The Kier molecular flexibility index (Phi) is 3.92. The minimum Gasteiger partial charge on any atom is -0.371 e. The summed E-state index contributed by atoms with van der Waals surface area (Å²) in [6.07, 6.45) is 8.04. The third kappa shape index (κ3) is 3.10. The maximum atomic E-state index is 10.5. The van der Waals surface area contributed by atoms with Crippen LogP contribution < -0.4 is 0 Å². The standard InChI is InChI=1S/C20H15N3OS/c1-20(24,19-22-10-11-25-19)8-6-14-2-3-15-4-5-16(17(15)12-14)18-7-9-21-13-23-18/h2-3,5,7,9-13,24H,4H2,1H3/t20-/m1/s1. The Labute approximate surface area is 149 Å². The Hall–Kier alpha value is -2.81. The highest BCUT2D eigenvalue weighted by atomic mass is 32.1. The number of hydrogen-bond donors (Lipinski definition) is 1. The molecule has 0 bridgehead atoms. The van der Waals surface area contributed by atoms with Crippen LogP contribution in [0.25, 0.3) is 5.57 Å². The van der Waals surface area contributed by atoms with Crippen molar-refractivity contribution < 1.29 is 5.11 Å². The van der Waals surface area contributed by atoms with Crippen LogP contribution in [0, 0.1) is 11.8 Å². The molecule has 0 amide bonds. The molecule has 1 aromatic carbocycles. The van der Waals surface area contributed by atoms with E-state index in [1.165, 1.54) is 16.9 Å². The molecular weight excluding hydrogens is 330 g/mol. The summed E-state index contributed by atoms with van der Waals surface area (Å²) in [5.74, 6) is 6.01. The zero-order chi connectivity index (χ0) is 17.3. The summed E-state index contributed by atoms with van der Waals surface area (Å²) < 4.78 is 0. The third-order valence-electron chi connectivity index (χ3n) is 4.08. The monoisotopic (exact) mass is 345 g/mol. The largest absolute Gasteiger partial charge is 0.371 e. The van der Waals surface area contributed by atoms with Gasteiger partial charge in [0.2, 0.25) is 0 Å². The first kappa shape index (κ1) is 15.7. The molecule has 3 aromatic rings. The lowest BCUT2D eigenvalue weighted by molar-refractivity contribution is 0.122. The van der Waals surface area contributed by atoms with Crippen LogP contribution in [0.4, 0.5) is 0 Å². The second-order valence-corrected chi connectivity index (χ2v) is 6.84. The van der Waals surface area contributed by atoms with E-state index in [1.54, 1.807) is 25.6 Å². The maximum Gasteiger partial charge on any atom is 0.174 e. The van der Waals surface area contributed by atoms with Crippen LogP contribution in [-0.2, 0) is 12.0 Å². The lowest BCUT2D eigenvalue weighted by Crippen LogP contribution is -2.17. The van der Waals surface area contributed by atoms with Gasteiger partial charge in [-0.3, -0.25) is 0 Å². The molecule has 2 aromatic heterocycles. The highest BCUT2D eigenvalue weighted by Crippen LogP contribution is 2.32. The van der Waals surface area contributed by atoms with Crippen molar-refractivity contribution in [2.45, 2.75) is 18.9 Å². The Bertz CT molecular complexity index is 996. The van der Waals surface area contributed by atoms with Gasteiger partial charge in [-0.05, 0) is 42.7 Å². The molecule has 4 rings (SSSR count). The van der Waals surface area contributed by atoms with Crippen molar-refractivity contribution in [2.75, 3.05) is 0 Å². The molecule has 1 atom stereocenters. The van der Waals surface area contributed by atoms with Crippen LogP contribution >= 0.6 is 11.3 Å². The van der Waals surface area contributed by atoms with E-state index < -0.39 is 5.60 Å². The summed E-state index contributed by atoms with van der Waals surface area (Å²) in [7, 11) is 0. The molecule has 0 radical (unpaired) electrons. The first-order valence-corrected chi connectivity index (χ1v) is 8.77. The van der Waals surface area contributed by atoms with E-state index in [0.717, 1.165) is 28.8 Å². The van der Waals surface area contributed by atoms with E-state index in [-0.39, 0.29) is 0 Å². The second kappa shape index (κ2) is 6.25. The van der Waals surface area contributed by atoms with Gasteiger partial charge in [0.05, 0.1) is 5.69 Å². The van der Waals surface area contributed by atoms with Crippen molar-refractivity contribution >= 4 is 16.9 Å². The van der Waals surface area contributed by atoms with Crippen LogP contribution in [0.1, 0.15) is 34.3 Å². The van der Waals surface area contributed by atoms with Crippen molar-refractivity contribution in [1.82, 2.24) is 15.0 Å². The number of allylic oxidation sites excluding steroid dienone is 1. The van der Waals surface area contributed by atoms with Gasteiger partial charge in [0, 0.05) is 28.9 Å². The van der Waals surface area contributed by atoms with E-state index >= 15 is 0 Å². The molecule has 0 unspecified atom stereocenters. The average molecular weight is 345 g/mol. The number of aliphatic hydroxyl groups is 1. The Balaban J connectivity index is 1.67. The minimum absolute atomic E-state index is 0.600. The zero-order valence-corrected chi connectivity index (χ0v) is 14.4. The van der Waals surface area contributed by atoms with Gasteiger partial charge >= 0.3 is 0 Å². The fraction of sp³-hybridized carbons (Fsp3) is 0.150. The Morgan fingerprint density at radius 3 is 2.88 bits per heavy atom. The highest BCUT2D eigenvalue weighted by molar-refractivity contribution is 7.09. The number of aromatic nitrogens is 3. The van der Waals surface area contributed by atoms with Gasteiger partial charge in [-0.2, -0.15) is 0 Å². The smallest absolute Gasteiger partial charge is 0.174 e. The van der Waals surface area contributed by atoms with Gasteiger partial charge in [0.25, 0.3) is 0 Å². The van der Waals surface area contributed by atoms with E-state index in [0.29, 0.717) is 5.01 Å². The number of thiazole rings is 1. The zero-order valence-electron chi connectivity index (χ0n) is 13.6. The summed E-state index contributed by atoms with van der Waals surface area (Å²) in [4.78, 5) is 12.5. The van der Waals surface area contributed by atoms with E-state index in [4.69, 9.17) is 0 Å². The molecule has 5 heteroatoms. The minimum atomic E-state index is -1.25. The van der Waals surface area contributed by atoms with Crippen molar-refractivity contribution in [2.24, 2.45) is 0 Å². The van der Waals surface area contributed by atoms with Crippen molar-refractivity contribution in [3.63, 3.8) is 0 Å². The van der Waals surface area contributed by atoms with Gasteiger partial charge in [0.15, 0.2) is 5.60 Å². The number of nitrogens with zero attached hydrogens (tertiary/aromatic N) is 3. The highest BCUT2D eigenvalue weighted by Gasteiger charge is 2.23.